The van der Waals surface area contributed by atoms with Crippen LogP contribution in [-0.2, 0) is 5.88 Å². The van der Waals surface area contributed by atoms with E-state index in [1.54, 1.807) is 4.90 Å². The van der Waals surface area contributed by atoms with Gasteiger partial charge in [0.2, 0.25) is 0 Å². The molecule has 88 valence electrons. The lowest BCUT2D eigenvalue weighted by Gasteiger charge is -2.29. The molecule has 0 bridgehead atoms. The second-order valence-electron chi connectivity index (χ2n) is 4.09. The molecule has 0 saturated carbocycles. The highest BCUT2D eigenvalue weighted by Gasteiger charge is 2.19. The second-order valence-corrected chi connectivity index (χ2v) is 4.36. The van der Waals surface area contributed by atoms with Crippen molar-refractivity contribution in [3.63, 3.8) is 0 Å². The van der Waals surface area contributed by atoms with Crippen LogP contribution in [0.3, 0.4) is 0 Å². The van der Waals surface area contributed by atoms with Crippen LogP contribution in [0.4, 0.5) is 14.5 Å². The van der Waals surface area contributed by atoms with Gasteiger partial charge in [-0.25, -0.2) is 8.78 Å². The number of benzene rings is 1. The van der Waals surface area contributed by atoms with E-state index in [0.717, 1.165) is 32.4 Å². The average molecular weight is 246 g/mol. The van der Waals surface area contributed by atoms with Crippen LogP contribution in [0, 0.1) is 11.6 Å². The Balaban J connectivity index is 2.32. The SMILES string of the molecule is Fc1cc(CCl)cc(F)c1N1CCCCC1. The van der Waals surface area contributed by atoms with Crippen LogP contribution in [0.5, 0.6) is 0 Å². The van der Waals surface area contributed by atoms with Crippen molar-refractivity contribution in [2.45, 2.75) is 25.1 Å². The topological polar surface area (TPSA) is 3.24 Å². The van der Waals surface area contributed by atoms with Crippen LogP contribution < -0.4 is 4.90 Å². The van der Waals surface area contributed by atoms with Gasteiger partial charge >= 0.3 is 0 Å². The van der Waals surface area contributed by atoms with E-state index in [4.69, 9.17) is 11.6 Å². The monoisotopic (exact) mass is 245 g/mol. The molecule has 1 saturated heterocycles. The molecule has 2 rings (SSSR count). The first-order valence-corrected chi connectivity index (χ1v) is 6.04. The Morgan fingerprint density at radius 3 is 2.12 bits per heavy atom. The minimum Gasteiger partial charge on any atom is -0.367 e. The Bertz CT molecular complexity index is 352. The zero-order chi connectivity index (χ0) is 11.5. The van der Waals surface area contributed by atoms with Crippen molar-refractivity contribution in [1.29, 1.82) is 0 Å². The molecular weight excluding hydrogens is 232 g/mol. The number of piperidine rings is 1. The highest BCUT2D eigenvalue weighted by atomic mass is 35.5. The van der Waals surface area contributed by atoms with E-state index in [-0.39, 0.29) is 11.6 Å². The Kier molecular flexibility index (Phi) is 3.64. The molecule has 0 radical (unpaired) electrons. The van der Waals surface area contributed by atoms with Crippen molar-refractivity contribution in [3.05, 3.63) is 29.3 Å². The predicted octanol–water partition coefficient (Wildman–Crippen LogP) is 3.69. The number of hydrogen-bond donors (Lipinski definition) is 0. The normalized spacial score (nSPS) is 16.6. The summed E-state index contributed by atoms with van der Waals surface area (Å²) in [6.45, 7) is 1.46. The smallest absolute Gasteiger partial charge is 0.149 e. The van der Waals surface area contributed by atoms with Crippen LogP contribution in [0.2, 0.25) is 0 Å². The number of rotatable bonds is 2. The van der Waals surface area contributed by atoms with Gasteiger partial charge in [0.1, 0.15) is 17.3 Å². The first kappa shape index (κ1) is 11.6. The summed E-state index contributed by atoms with van der Waals surface area (Å²) in [4.78, 5) is 1.78. The largest absolute Gasteiger partial charge is 0.367 e. The van der Waals surface area contributed by atoms with Gasteiger partial charge in [-0.15, -0.1) is 11.6 Å². The fourth-order valence-electron chi connectivity index (χ4n) is 2.11. The maximum absolute atomic E-state index is 13.7. The van der Waals surface area contributed by atoms with Gasteiger partial charge in [-0.05, 0) is 37.0 Å². The first-order valence-electron chi connectivity index (χ1n) is 5.51. The van der Waals surface area contributed by atoms with Crippen molar-refractivity contribution in [2.24, 2.45) is 0 Å². The second kappa shape index (κ2) is 5.00. The number of anilines is 1. The van der Waals surface area contributed by atoms with Gasteiger partial charge in [0.15, 0.2) is 0 Å². The summed E-state index contributed by atoms with van der Waals surface area (Å²) in [6.07, 6.45) is 3.13. The van der Waals surface area contributed by atoms with E-state index in [1.807, 2.05) is 0 Å². The highest BCUT2D eigenvalue weighted by molar-refractivity contribution is 6.17. The molecular formula is C12H14ClF2N. The van der Waals surface area contributed by atoms with Crippen molar-refractivity contribution in [1.82, 2.24) is 0 Å². The first-order chi connectivity index (χ1) is 7.72. The number of alkyl halides is 1. The van der Waals surface area contributed by atoms with E-state index >= 15 is 0 Å². The lowest BCUT2D eigenvalue weighted by Crippen LogP contribution is -2.31. The van der Waals surface area contributed by atoms with Gasteiger partial charge in [-0.2, -0.15) is 0 Å². The van der Waals surface area contributed by atoms with Crippen LogP contribution in [0.15, 0.2) is 12.1 Å². The van der Waals surface area contributed by atoms with E-state index in [0.29, 0.717) is 5.56 Å². The molecule has 4 heteroatoms. The third-order valence-corrected chi connectivity index (χ3v) is 3.21. The summed E-state index contributed by atoms with van der Waals surface area (Å²) in [6, 6.07) is 2.64. The molecule has 1 aromatic rings. The zero-order valence-corrected chi connectivity index (χ0v) is 9.73. The molecule has 1 fully saturated rings. The number of halogens is 3. The highest BCUT2D eigenvalue weighted by Crippen LogP contribution is 2.28. The zero-order valence-electron chi connectivity index (χ0n) is 8.98. The molecule has 0 N–H and O–H groups in total. The van der Waals surface area contributed by atoms with Gasteiger partial charge in [0.25, 0.3) is 0 Å². The molecule has 1 aromatic carbocycles. The molecule has 16 heavy (non-hydrogen) atoms. The van der Waals surface area contributed by atoms with Crippen molar-refractivity contribution in [3.8, 4) is 0 Å². The Morgan fingerprint density at radius 2 is 1.62 bits per heavy atom. The van der Waals surface area contributed by atoms with E-state index in [1.165, 1.54) is 12.1 Å². The summed E-state index contributed by atoms with van der Waals surface area (Å²) in [7, 11) is 0. The third kappa shape index (κ3) is 2.29. The standard InChI is InChI=1S/C12H14ClF2N/c13-8-9-6-10(14)12(11(15)7-9)16-4-2-1-3-5-16/h6-7H,1-5,8H2. The molecule has 0 atom stereocenters. The molecule has 0 aliphatic carbocycles. The molecule has 1 aliphatic rings. The van der Waals surface area contributed by atoms with Gasteiger partial charge in [-0.1, -0.05) is 0 Å². The Morgan fingerprint density at radius 1 is 1.06 bits per heavy atom. The molecule has 0 amide bonds. The summed E-state index contributed by atoms with van der Waals surface area (Å²) in [5, 5.41) is 0. The van der Waals surface area contributed by atoms with Crippen molar-refractivity contribution in [2.75, 3.05) is 18.0 Å². The van der Waals surface area contributed by atoms with Crippen LogP contribution in [0.1, 0.15) is 24.8 Å². The van der Waals surface area contributed by atoms with Gasteiger partial charge < -0.3 is 4.90 Å². The minimum atomic E-state index is -0.502. The predicted molar refractivity (Wildman–Crippen MR) is 62.0 cm³/mol. The third-order valence-electron chi connectivity index (χ3n) is 2.90. The molecule has 1 nitrogen and oxygen atoms in total. The van der Waals surface area contributed by atoms with Gasteiger partial charge in [0.05, 0.1) is 0 Å². The van der Waals surface area contributed by atoms with E-state index in [9.17, 15) is 8.78 Å². The molecule has 0 aromatic heterocycles. The van der Waals surface area contributed by atoms with Crippen molar-refractivity contribution < 1.29 is 8.78 Å². The van der Waals surface area contributed by atoms with Crippen LogP contribution >= 0.6 is 11.6 Å². The fraction of sp³-hybridized carbons (Fsp3) is 0.500. The maximum Gasteiger partial charge on any atom is 0.149 e. The van der Waals surface area contributed by atoms with Crippen molar-refractivity contribution >= 4 is 17.3 Å². The quantitative estimate of drug-likeness (QED) is 0.719. The Labute approximate surface area is 99.0 Å². The Hall–Kier alpha value is -0.830. The summed E-state index contributed by atoms with van der Waals surface area (Å²) in [5.41, 5.74) is 0.589. The number of nitrogens with zero attached hydrogens (tertiary/aromatic N) is 1. The molecule has 1 aliphatic heterocycles. The maximum atomic E-state index is 13.7. The average Bonchev–Trinajstić information content (AvgIpc) is 2.29. The van der Waals surface area contributed by atoms with Crippen LogP contribution in [-0.4, -0.2) is 13.1 Å². The summed E-state index contributed by atoms with van der Waals surface area (Å²) in [5.74, 6) is -0.871. The van der Waals surface area contributed by atoms with E-state index in [2.05, 4.69) is 0 Å². The molecule has 0 unspecified atom stereocenters. The van der Waals surface area contributed by atoms with E-state index < -0.39 is 11.6 Å². The minimum absolute atomic E-state index is 0.105. The fourth-order valence-corrected chi connectivity index (χ4v) is 2.27. The summed E-state index contributed by atoms with van der Waals surface area (Å²) >= 11 is 5.56. The van der Waals surface area contributed by atoms with Crippen LogP contribution in [0.25, 0.3) is 0 Å². The molecule has 0 spiro atoms. The van der Waals surface area contributed by atoms with Gasteiger partial charge in [0, 0.05) is 19.0 Å². The lowest BCUT2D eigenvalue weighted by atomic mass is 10.1. The summed E-state index contributed by atoms with van der Waals surface area (Å²) < 4.78 is 27.5. The number of hydrogen-bond acceptors (Lipinski definition) is 1. The molecule has 1 heterocycles. The van der Waals surface area contributed by atoms with Gasteiger partial charge in [-0.3, -0.25) is 0 Å². The lowest BCUT2D eigenvalue weighted by molar-refractivity contribution is 0.530.